The Morgan fingerprint density at radius 1 is 1.89 bits per heavy atom. The first-order valence-corrected chi connectivity index (χ1v) is 3.27. The third-order valence-electron chi connectivity index (χ3n) is 0.857. The van der Waals surface area contributed by atoms with E-state index in [0.29, 0.717) is 5.01 Å². The van der Waals surface area contributed by atoms with Crippen molar-refractivity contribution in [2.24, 2.45) is 5.73 Å². The van der Waals surface area contributed by atoms with E-state index in [1.165, 1.54) is 11.3 Å². The fourth-order valence-electron chi connectivity index (χ4n) is 0.443. The lowest BCUT2D eigenvalue weighted by molar-refractivity contribution is 0.909. The summed E-state index contributed by atoms with van der Waals surface area (Å²) in [7, 11) is 0. The Kier molecular flexibility index (Phi) is 1.78. The second-order valence-electron chi connectivity index (χ2n) is 1.48. The number of nitrogens with zero attached hydrogens (tertiary/aromatic N) is 2. The zero-order valence-electron chi connectivity index (χ0n) is 4.61. The van der Waals surface area contributed by atoms with E-state index in [2.05, 4.69) is 4.98 Å². The van der Waals surface area contributed by atoms with E-state index in [9.17, 15) is 0 Å². The summed E-state index contributed by atoms with van der Waals surface area (Å²) in [6.45, 7) is 0. The van der Waals surface area contributed by atoms with E-state index < -0.39 is 6.04 Å². The molecule has 0 aliphatic heterocycles. The van der Waals surface area contributed by atoms with Crippen molar-refractivity contribution in [1.29, 1.82) is 5.26 Å². The highest BCUT2D eigenvalue weighted by Crippen LogP contribution is 2.10. The second-order valence-corrected chi connectivity index (χ2v) is 2.40. The van der Waals surface area contributed by atoms with E-state index in [-0.39, 0.29) is 0 Å². The maximum absolute atomic E-state index is 8.30. The average molecular weight is 139 g/mol. The van der Waals surface area contributed by atoms with Gasteiger partial charge in [0, 0.05) is 11.6 Å². The minimum atomic E-state index is -0.551. The first-order chi connectivity index (χ1) is 4.34. The molecule has 0 spiro atoms. The fourth-order valence-corrected chi connectivity index (χ4v) is 1.03. The maximum Gasteiger partial charge on any atom is 0.145 e. The lowest BCUT2D eigenvalue weighted by atomic mass is 10.4. The van der Waals surface area contributed by atoms with E-state index in [0.717, 1.165) is 0 Å². The van der Waals surface area contributed by atoms with Crippen LogP contribution in [0.3, 0.4) is 0 Å². The van der Waals surface area contributed by atoms with Crippen molar-refractivity contribution < 1.29 is 0 Å². The summed E-state index contributed by atoms with van der Waals surface area (Å²) in [5.41, 5.74) is 5.33. The van der Waals surface area contributed by atoms with Crippen LogP contribution in [0.25, 0.3) is 0 Å². The molecule has 2 N–H and O–H groups in total. The molecule has 1 aromatic heterocycles. The van der Waals surface area contributed by atoms with Crippen molar-refractivity contribution >= 4 is 11.3 Å². The van der Waals surface area contributed by atoms with Crippen LogP contribution in [0.1, 0.15) is 11.0 Å². The zero-order valence-corrected chi connectivity index (χ0v) is 5.43. The average Bonchev–Trinajstić information content (AvgIpc) is 2.37. The molecule has 0 amide bonds. The van der Waals surface area contributed by atoms with Gasteiger partial charge in [-0.3, -0.25) is 0 Å². The second kappa shape index (κ2) is 2.58. The molecule has 1 heterocycles. The van der Waals surface area contributed by atoms with Crippen molar-refractivity contribution in [3.05, 3.63) is 16.6 Å². The Labute approximate surface area is 56.8 Å². The molecule has 0 aliphatic carbocycles. The van der Waals surface area contributed by atoms with Gasteiger partial charge in [0.05, 0.1) is 6.07 Å². The van der Waals surface area contributed by atoms with Gasteiger partial charge in [-0.25, -0.2) is 4.98 Å². The third-order valence-corrected chi connectivity index (χ3v) is 1.72. The first kappa shape index (κ1) is 6.20. The summed E-state index contributed by atoms with van der Waals surface area (Å²) in [5, 5.41) is 10.8. The molecular weight excluding hydrogens is 134 g/mol. The van der Waals surface area contributed by atoms with Gasteiger partial charge in [-0.1, -0.05) is 0 Å². The SMILES string of the molecule is N#CC(N)c1nccs1. The largest absolute Gasteiger partial charge is 0.310 e. The van der Waals surface area contributed by atoms with Crippen LogP contribution >= 0.6 is 11.3 Å². The smallest absolute Gasteiger partial charge is 0.145 e. The normalized spacial score (nSPS) is 12.4. The number of nitriles is 1. The van der Waals surface area contributed by atoms with E-state index in [1.807, 2.05) is 6.07 Å². The number of thiazole rings is 1. The van der Waals surface area contributed by atoms with Crippen LogP contribution in [-0.2, 0) is 0 Å². The first-order valence-electron chi connectivity index (χ1n) is 2.39. The molecule has 3 nitrogen and oxygen atoms in total. The molecule has 1 aromatic rings. The summed E-state index contributed by atoms with van der Waals surface area (Å²) in [4.78, 5) is 3.86. The molecule has 0 aliphatic rings. The summed E-state index contributed by atoms with van der Waals surface area (Å²) in [5.74, 6) is 0. The molecule has 1 rings (SSSR count). The molecule has 0 saturated carbocycles. The highest BCUT2D eigenvalue weighted by Gasteiger charge is 2.04. The monoisotopic (exact) mass is 139 g/mol. The van der Waals surface area contributed by atoms with Crippen molar-refractivity contribution in [3.63, 3.8) is 0 Å². The highest BCUT2D eigenvalue weighted by atomic mass is 32.1. The van der Waals surface area contributed by atoms with Gasteiger partial charge in [0.25, 0.3) is 0 Å². The van der Waals surface area contributed by atoms with Crippen LogP contribution in [0.4, 0.5) is 0 Å². The van der Waals surface area contributed by atoms with E-state index in [4.69, 9.17) is 11.0 Å². The van der Waals surface area contributed by atoms with Crippen molar-refractivity contribution in [2.75, 3.05) is 0 Å². The summed E-state index contributed by atoms with van der Waals surface area (Å²) in [6.07, 6.45) is 1.64. The van der Waals surface area contributed by atoms with Gasteiger partial charge in [-0.2, -0.15) is 5.26 Å². The van der Waals surface area contributed by atoms with Crippen LogP contribution in [0, 0.1) is 11.3 Å². The fraction of sp³-hybridized carbons (Fsp3) is 0.200. The predicted molar refractivity (Wildman–Crippen MR) is 34.7 cm³/mol. The summed E-state index contributed by atoms with van der Waals surface area (Å²) >= 11 is 1.40. The van der Waals surface area contributed by atoms with Crippen LogP contribution in [0.2, 0.25) is 0 Å². The number of aromatic nitrogens is 1. The number of hydrogen-bond acceptors (Lipinski definition) is 4. The summed E-state index contributed by atoms with van der Waals surface area (Å²) in [6, 6.07) is 1.34. The quantitative estimate of drug-likeness (QED) is 0.621. The molecule has 0 fully saturated rings. The Bertz CT molecular complexity index is 211. The molecule has 0 aromatic carbocycles. The van der Waals surface area contributed by atoms with Crippen molar-refractivity contribution in [1.82, 2.24) is 4.98 Å². The summed E-state index contributed by atoms with van der Waals surface area (Å²) < 4.78 is 0. The Balaban J connectivity index is 2.80. The van der Waals surface area contributed by atoms with Gasteiger partial charge in [0.1, 0.15) is 11.0 Å². The van der Waals surface area contributed by atoms with Crippen LogP contribution in [0.5, 0.6) is 0 Å². The molecular formula is C5H5N3S. The van der Waals surface area contributed by atoms with E-state index >= 15 is 0 Å². The van der Waals surface area contributed by atoms with Crippen LogP contribution in [-0.4, -0.2) is 4.98 Å². The van der Waals surface area contributed by atoms with Gasteiger partial charge < -0.3 is 5.73 Å². The predicted octanol–water partition coefficient (Wildman–Crippen LogP) is 0.666. The van der Waals surface area contributed by atoms with Gasteiger partial charge in [-0.15, -0.1) is 11.3 Å². The number of hydrogen-bond donors (Lipinski definition) is 1. The molecule has 46 valence electrons. The van der Waals surface area contributed by atoms with Crippen LogP contribution < -0.4 is 5.73 Å². The highest BCUT2D eigenvalue weighted by molar-refractivity contribution is 7.09. The maximum atomic E-state index is 8.30. The molecule has 1 unspecified atom stereocenters. The van der Waals surface area contributed by atoms with E-state index in [1.54, 1.807) is 11.6 Å². The number of rotatable bonds is 1. The number of nitrogens with two attached hydrogens (primary N) is 1. The lowest BCUT2D eigenvalue weighted by Crippen LogP contribution is -2.05. The third kappa shape index (κ3) is 1.25. The van der Waals surface area contributed by atoms with Crippen LogP contribution in [0.15, 0.2) is 11.6 Å². The Morgan fingerprint density at radius 2 is 2.67 bits per heavy atom. The van der Waals surface area contributed by atoms with Gasteiger partial charge in [0.2, 0.25) is 0 Å². The van der Waals surface area contributed by atoms with Crippen molar-refractivity contribution in [3.8, 4) is 6.07 Å². The Morgan fingerprint density at radius 3 is 3.11 bits per heavy atom. The molecule has 0 saturated heterocycles. The molecule has 1 atom stereocenters. The van der Waals surface area contributed by atoms with Gasteiger partial charge in [-0.05, 0) is 0 Å². The minimum absolute atomic E-state index is 0.551. The topological polar surface area (TPSA) is 62.7 Å². The zero-order chi connectivity index (χ0) is 6.69. The molecule has 9 heavy (non-hydrogen) atoms. The minimum Gasteiger partial charge on any atom is -0.310 e. The lowest BCUT2D eigenvalue weighted by Gasteiger charge is -1.91. The standard InChI is InChI=1S/C5H5N3S/c6-3-4(7)5-8-1-2-9-5/h1-2,4H,7H2. The molecule has 0 bridgehead atoms. The van der Waals surface area contributed by atoms with Gasteiger partial charge in [0.15, 0.2) is 0 Å². The van der Waals surface area contributed by atoms with Gasteiger partial charge >= 0.3 is 0 Å². The van der Waals surface area contributed by atoms with Crippen molar-refractivity contribution in [2.45, 2.75) is 6.04 Å². The molecule has 4 heteroatoms. The Hall–Kier alpha value is -0.920. The molecule has 0 radical (unpaired) electrons.